The van der Waals surface area contributed by atoms with Crippen LogP contribution in [0.4, 0.5) is 0 Å². The van der Waals surface area contributed by atoms with Crippen LogP contribution in [0.1, 0.15) is 0 Å². The van der Waals surface area contributed by atoms with Gasteiger partial charge in [-0.1, -0.05) is 0 Å². The largest absolute Gasteiger partial charge is 0.380 e. The van der Waals surface area contributed by atoms with E-state index in [9.17, 15) is 0 Å². The highest BCUT2D eigenvalue weighted by atomic mass is 17.3. The van der Waals surface area contributed by atoms with Crippen molar-refractivity contribution >= 4 is 0 Å². The number of fused-ring (bicyclic) bond motifs is 1. The Morgan fingerprint density at radius 2 is 2.17 bits per heavy atom. The molecule has 0 atom stereocenters. The maximum Gasteiger partial charge on any atom is 0.380 e. The zero-order chi connectivity index (χ0) is 4.20. The molecule has 2 aliphatic heterocycles. The van der Waals surface area contributed by atoms with Crippen molar-refractivity contribution in [2.75, 3.05) is 0 Å². The van der Waals surface area contributed by atoms with Gasteiger partial charge in [0.2, 0.25) is 0 Å². The van der Waals surface area contributed by atoms with Gasteiger partial charge >= 0.3 is 5.91 Å². The summed E-state index contributed by atoms with van der Waals surface area (Å²) in [5, 5.41) is 1.26. The number of nitrogens with zero attached hydrogens (tertiary/aromatic N) is 1. The molecule has 0 aromatic rings. The average Bonchev–Trinajstić information content (AvgIpc) is 2.12. The first-order valence-corrected chi connectivity index (χ1v) is 1.54. The van der Waals surface area contributed by atoms with Crippen LogP contribution in [0.25, 0.3) is 0 Å². The van der Waals surface area contributed by atoms with E-state index < -0.39 is 5.91 Å². The van der Waals surface area contributed by atoms with Crippen molar-refractivity contribution in [3.63, 3.8) is 0 Å². The van der Waals surface area contributed by atoms with Crippen LogP contribution in [0, 0.1) is 12.3 Å². The fraction of sp³-hybridized carbons (Fsp3) is 0.333. The van der Waals surface area contributed by atoms with Crippen LogP contribution in [0.15, 0.2) is 0 Å². The average molecular weight is 83.0 g/mol. The predicted molar refractivity (Wildman–Crippen MR) is 15.6 cm³/mol. The van der Waals surface area contributed by atoms with Gasteiger partial charge in [0.25, 0.3) is 0 Å². The fourth-order valence-electron chi connectivity index (χ4n) is 0.296. The predicted octanol–water partition coefficient (Wildman–Crippen LogP) is -0.534. The Balaban J connectivity index is 2.34. The molecule has 0 saturated carbocycles. The lowest BCUT2D eigenvalue weighted by molar-refractivity contribution is -0.151. The van der Waals surface area contributed by atoms with Gasteiger partial charge < -0.3 is 0 Å². The van der Waals surface area contributed by atoms with Crippen LogP contribution in [0.3, 0.4) is 0 Å². The van der Waals surface area contributed by atoms with E-state index in [4.69, 9.17) is 6.42 Å². The minimum absolute atomic E-state index is 0.681. The van der Waals surface area contributed by atoms with Crippen LogP contribution in [-0.2, 0) is 9.68 Å². The van der Waals surface area contributed by atoms with E-state index in [0.29, 0.717) is 0 Å². The maximum absolute atomic E-state index is 4.87. The highest BCUT2D eigenvalue weighted by molar-refractivity contribution is 5.10. The molecule has 30 valence electrons. The molecule has 3 nitrogen and oxygen atoms in total. The summed E-state index contributed by atoms with van der Waals surface area (Å²) in [5.41, 5.74) is 0. The molecule has 0 spiro atoms. The van der Waals surface area contributed by atoms with Gasteiger partial charge in [-0.2, -0.15) is 9.68 Å². The first-order valence-electron chi connectivity index (χ1n) is 1.54. The third kappa shape index (κ3) is 0.0982. The molecule has 6 heavy (non-hydrogen) atoms. The normalized spacial score (nSPS) is 58.8. The first kappa shape index (κ1) is 2.59. The Hall–Kier alpha value is -0.560. The lowest BCUT2D eigenvalue weighted by Crippen LogP contribution is -1.90. The van der Waals surface area contributed by atoms with E-state index in [1.807, 2.05) is 0 Å². The summed E-state index contributed by atoms with van der Waals surface area (Å²) in [4.78, 5) is 9.03. The molecular formula is C3HNO2. The van der Waals surface area contributed by atoms with E-state index >= 15 is 0 Å². The summed E-state index contributed by atoms with van der Waals surface area (Å²) >= 11 is 0. The van der Waals surface area contributed by atoms with Crippen molar-refractivity contribution in [2.45, 2.75) is 5.91 Å². The lowest BCUT2D eigenvalue weighted by atomic mass is 10.6. The van der Waals surface area contributed by atoms with Crippen LogP contribution >= 0.6 is 0 Å². The highest BCUT2D eigenvalue weighted by Crippen LogP contribution is 2.52. The molecule has 2 saturated heterocycles. The molecule has 2 aliphatic rings. The minimum Gasteiger partial charge on any atom is -0.199 e. The molecule has 0 amide bonds. The quantitative estimate of drug-likeness (QED) is 0.291. The molecule has 0 N–H and O–H groups in total. The second-order valence-corrected chi connectivity index (χ2v) is 1.17. The van der Waals surface area contributed by atoms with Crippen molar-refractivity contribution < 1.29 is 9.68 Å². The summed E-state index contributed by atoms with van der Waals surface area (Å²) in [7, 11) is 0. The minimum atomic E-state index is -0.681. The summed E-state index contributed by atoms with van der Waals surface area (Å²) in [5.74, 6) is 1.59. The number of terminal acetylenes is 1. The molecular weight excluding hydrogens is 82.0 g/mol. The van der Waals surface area contributed by atoms with Gasteiger partial charge in [-0.25, -0.2) is 0 Å². The Labute approximate surface area is 34.4 Å². The first-order chi connectivity index (χ1) is 2.87. The topological polar surface area (TPSA) is 28.1 Å². The summed E-state index contributed by atoms with van der Waals surface area (Å²) in [6.45, 7) is 0. The van der Waals surface area contributed by atoms with Gasteiger partial charge in [0.1, 0.15) is 0 Å². The van der Waals surface area contributed by atoms with Gasteiger partial charge in [0.15, 0.2) is 0 Å². The zero-order valence-corrected chi connectivity index (χ0v) is 2.84. The van der Waals surface area contributed by atoms with E-state index in [2.05, 4.69) is 15.6 Å². The molecule has 3 heteroatoms. The van der Waals surface area contributed by atoms with Gasteiger partial charge in [-0.05, 0) is 5.92 Å². The lowest BCUT2D eigenvalue weighted by Gasteiger charge is -1.75. The van der Waals surface area contributed by atoms with E-state index in [-0.39, 0.29) is 0 Å². The smallest absolute Gasteiger partial charge is 0.199 e. The molecule has 2 heterocycles. The summed E-state index contributed by atoms with van der Waals surface area (Å²) in [6, 6.07) is 0. The Morgan fingerprint density at radius 1 is 1.67 bits per heavy atom. The van der Waals surface area contributed by atoms with Crippen LogP contribution in [-0.4, -0.2) is 11.1 Å². The van der Waals surface area contributed by atoms with E-state index in [1.54, 1.807) is 0 Å². The van der Waals surface area contributed by atoms with Crippen molar-refractivity contribution in [2.24, 2.45) is 0 Å². The van der Waals surface area contributed by atoms with Crippen LogP contribution < -0.4 is 0 Å². The summed E-state index contributed by atoms with van der Waals surface area (Å²) < 4.78 is 0. The van der Waals surface area contributed by atoms with Crippen LogP contribution in [0.2, 0.25) is 0 Å². The van der Waals surface area contributed by atoms with Crippen molar-refractivity contribution in [1.29, 1.82) is 0 Å². The Kier molecular flexibility index (Phi) is 0.173. The number of hydrogen-bond acceptors (Lipinski definition) is 3. The molecule has 0 aromatic heterocycles. The van der Waals surface area contributed by atoms with Crippen molar-refractivity contribution in [1.82, 2.24) is 5.23 Å². The molecule has 2 fully saturated rings. The van der Waals surface area contributed by atoms with Gasteiger partial charge in [0.05, 0.1) is 0 Å². The number of hydroxylamine groups is 2. The monoisotopic (exact) mass is 83.0 g/mol. The van der Waals surface area contributed by atoms with Crippen molar-refractivity contribution in [3.8, 4) is 12.3 Å². The van der Waals surface area contributed by atoms with Crippen molar-refractivity contribution in [3.05, 3.63) is 0 Å². The number of rotatable bonds is 0. The Morgan fingerprint density at radius 3 is 2.17 bits per heavy atom. The molecule has 2 rings (SSSR count). The fourth-order valence-corrected chi connectivity index (χ4v) is 0.296. The van der Waals surface area contributed by atoms with Gasteiger partial charge in [-0.3, -0.25) is 0 Å². The standard InChI is InChI=1S/C3HNO2/c1-2-3-4(5-3)6-3/h1H. The maximum atomic E-state index is 4.87. The second kappa shape index (κ2) is 0.401. The second-order valence-electron chi connectivity index (χ2n) is 1.17. The zero-order valence-electron chi connectivity index (χ0n) is 2.84. The van der Waals surface area contributed by atoms with E-state index in [0.717, 1.165) is 0 Å². The Bertz CT molecular complexity index is 130. The summed E-state index contributed by atoms with van der Waals surface area (Å²) in [6.07, 6.45) is 4.87. The molecule has 0 aromatic carbocycles. The van der Waals surface area contributed by atoms with Gasteiger partial charge in [0, 0.05) is 5.23 Å². The number of hydrogen-bond donors (Lipinski definition) is 0. The molecule has 0 bridgehead atoms. The molecule has 0 unspecified atom stereocenters. The molecule has 0 aliphatic carbocycles. The van der Waals surface area contributed by atoms with Gasteiger partial charge in [-0.15, -0.1) is 6.42 Å². The highest BCUT2D eigenvalue weighted by Gasteiger charge is 2.77. The third-order valence-corrected chi connectivity index (χ3v) is 0.771. The van der Waals surface area contributed by atoms with E-state index in [1.165, 1.54) is 5.23 Å². The SMILES string of the molecule is C#CC12ON1O2. The van der Waals surface area contributed by atoms with Crippen LogP contribution in [0.5, 0.6) is 0 Å². The molecule has 0 radical (unpaired) electrons. The third-order valence-electron chi connectivity index (χ3n) is 0.771.